The van der Waals surface area contributed by atoms with E-state index in [-0.39, 0.29) is 11.5 Å². The average molecular weight is 455 g/mol. The van der Waals surface area contributed by atoms with Gasteiger partial charge in [-0.1, -0.05) is 50.2 Å². The number of primary amides is 1. The molecule has 0 heterocycles. The van der Waals surface area contributed by atoms with Crippen LogP contribution in [0.5, 0.6) is 0 Å². The van der Waals surface area contributed by atoms with Crippen LogP contribution < -0.4 is 21.7 Å². The van der Waals surface area contributed by atoms with Gasteiger partial charge in [-0.15, -0.1) is 0 Å². The van der Waals surface area contributed by atoms with Crippen LogP contribution in [0.15, 0.2) is 42.5 Å². The summed E-state index contributed by atoms with van der Waals surface area (Å²) in [4.78, 5) is 12.1. The molecular weight excluding hydrogens is 420 g/mol. The van der Waals surface area contributed by atoms with E-state index >= 15 is 0 Å². The van der Waals surface area contributed by atoms with E-state index in [1.807, 2.05) is 30.3 Å². The Morgan fingerprint density at radius 1 is 1.16 bits per heavy atom. The van der Waals surface area contributed by atoms with Crippen LogP contribution in [0.25, 0.3) is 0 Å². The number of anilines is 1. The van der Waals surface area contributed by atoms with E-state index in [4.69, 9.17) is 22.7 Å². The number of rotatable bonds is 9. The first-order valence-electron chi connectivity index (χ1n) is 11.1. The minimum Gasteiger partial charge on any atom is -0.384 e. The van der Waals surface area contributed by atoms with Crippen LogP contribution in [-0.4, -0.2) is 37.3 Å². The maximum atomic E-state index is 12.1. The van der Waals surface area contributed by atoms with E-state index < -0.39 is 5.91 Å². The molecule has 0 saturated heterocycles. The Morgan fingerprint density at radius 3 is 2.59 bits per heavy atom. The molecule has 0 aromatic heterocycles. The minimum absolute atomic E-state index is 0.122. The molecule has 6 nitrogen and oxygen atoms in total. The van der Waals surface area contributed by atoms with Crippen molar-refractivity contribution in [2.75, 3.05) is 25.5 Å². The maximum Gasteiger partial charge on any atom is 0.250 e. The monoisotopic (exact) mass is 454 g/mol. The van der Waals surface area contributed by atoms with Gasteiger partial charge >= 0.3 is 0 Å². The first-order chi connectivity index (χ1) is 15.3. The smallest absolute Gasteiger partial charge is 0.250 e. The number of amides is 1. The van der Waals surface area contributed by atoms with Crippen LogP contribution in [0, 0.1) is 0 Å². The molecule has 0 saturated carbocycles. The van der Waals surface area contributed by atoms with E-state index in [0.717, 1.165) is 31.5 Å². The van der Waals surface area contributed by atoms with E-state index in [2.05, 4.69) is 41.9 Å². The minimum atomic E-state index is -0.413. The maximum absolute atomic E-state index is 12.1. The first-order valence-corrected chi connectivity index (χ1v) is 11.5. The number of thiocarbonyl (C=S) groups is 1. The molecule has 3 rings (SSSR count). The zero-order valence-electron chi connectivity index (χ0n) is 19.2. The Balaban J connectivity index is 1.57. The van der Waals surface area contributed by atoms with Gasteiger partial charge in [0.05, 0.1) is 17.4 Å². The average Bonchev–Trinajstić information content (AvgIpc) is 2.77. The standard InChI is InChI=1S/C25H34N4O2S/c1-25(2)15-19(31-3)14-18-10-11-20(23(26)30)22(21(18)25)27-12-7-13-28-24(32)29-16-17-8-5-4-6-9-17/h4-6,8-11,19,27H,7,12-16H2,1-3H3,(H2,26,30)(H2,28,29,32). The van der Waals surface area contributed by atoms with Gasteiger partial charge in [-0.3, -0.25) is 4.79 Å². The van der Waals surface area contributed by atoms with Crippen molar-refractivity contribution in [2.45, 2.75) is 51.2 Å². The van der Waals surface area contributed by atoms with Crippen LogP contribution in [0.4, 0.5) is 5.69 Å². The van der Waals surface area contributed by atoms with Gasteiger partial charge < -0.3 is 26.4 Å². The van der Waals surface area contributed by atoms with Crippen LogP contribution in [0.2, 0.25) is 0 Å². The van der Waals surface area contributed by atoms with Gasteiger partial charge in [-0.25, -0.2) is 0 Å². The Bertz CT molecular complexity index is 946. The number of nitrogens with two attached hydrogens (primary N) is 1. The zero-order chi connectivity index (χ0) is 23.1. The molecule has 1 amide bonds. The number of nitrogens with one attached hydrogen (secondary N) is 3. The van der Waals surface area contributed by atoms with Crippen LogP contribution >= 0.6 is 12.2 Å². The summed E-state index contributed by atoms with van der Waals surface area (Å²) in [5.74, 6) is -0.413. The molecule has 1 aliphatic rings. The van der Waals surface area contributed by atoms with Crippen molar-refractivity contribution in [3.63, 3.8) is 0 Å². The Kier molecular flexibility index (Phi) is 8.10. The van der Waals surface area contributed by atoms with Gasteiger partial charge in [0.25, 0.3) is 5.91 Å². The second kappa shape index (κ2) is 10.8. The van der Waals surface area contributed by atoms with Gasteiger partial charge in [0.1, 0.15) is 0 Å². The fraction of sp³-hybridized carbons (Fsp3) is 0.440. The lowest BCUT2D eigenvalue weighted by Crippen LogP contribution is -2.36. The molecule has 1 aliphatic carbocycles. The van der Waals surface area contributed by atoms with Crippen LogP contribution in [0.3, 0.4) is 0 Å². The van der Waals surface area contributed by atoms with E-state index in [1.54, 1.807) is 7.11 Å². The highest BCUT2D eigenvalue weighted by molar-refractivity contribution is 7.80. The number of hydrogen-bond donors (Lipinski definition) is 4. The molecule has 0 spiro atoms. The van der Waals surface area contributed by atoms with Crippen molar-refractivity contribution in [1.29, 1.82) is 0 Å². The highest BCUT2D eigenvalue weighted by Crippen LogP contribution is 2.43. The number of methoxy groups -OCH3 is 1. The van der Waals surface area contributed by atoms with Gasteiger partial charge in [-0.2, -0.15) is 0 Å². The molecule has 1 unspecified atom stereocenters. The number of hydrogen-bond acceptors (Lipinski definition) is 4. The first kappa shape index (κ1) is 24.0. The summed E-state index contributed by atoms with van der Waals surface area (Å²) in [5.41, 5.74) is 10.6. The summed E-state index contributed by atoms with van der Waals surface area (Å²) in [7, 11) is 1.76. The molecule has 1 atom stereocenters. The van der Waals surface area contributed by atoms with E-state index in [0.29, 0.717) is 23.8 Å². The van der Waals surface area contributed by atoms with E-state index in [9.17, 15) is 4.79 Å². The molecule has 7 heteroatoms. The molecule has 0 fully saturated rings. The predicted octanol–water partition coefficient (Wildman–Crippen LogP) is 3.49. The van der Waals surface area contributed by atoms with Gasteiger partial charge in [0, 0.05) is 26.7 Å². The quantitative estimate of drug-likeness (QED) is 0.343. The normalized spacial score (nSPS) is 16.7. The van der Waals surface area contributed by atoms with Gasteiger partial charge in [-0.05, 0) is 59.7 Å². The number of benzene rings is 2. The van der Waals surface area contributed by atoms with Crippen molar-refractivity contribution in [3.8, 4) is 0 Å². The van der Waals surface area contributed by atoms with Crippen molar-refractivity contribution in [1.82, 2.24) is 10.6 Å². The lowest BCUT2D eigenvalue weighted by Gasteiger charge is -2.39. The molecule has 0 radical (unpaired) electrons. The topological polar surface area (TPSA) is 88.4 Å². The number of carbonyl (C=O) groups excluding carboxylic acids is 1. The summed E-state index contributed by atoms with van der Waals surface area (Å²) >= 11 is 5.37. The summed E-state index contributed by atoms with van der Waals surface area (Å²) in [5, 5.41) is 10.6. The second-order valence-corrected chi connectivity index (χ2v) is 9.32. The third kappa shape index (κ3) is 5.99. The number of carbonyl (C=O) groups is 1. The fourth-order valence-electron chi connectivity index (χ4n) is 4.48. The van der Waals surface area contributed by atoms with Crippen molar-refractivity contribution in [3.05, 3.63) is 64.7 Å². The van der Waals surface area contributed by atoms with Crippen LogP contribution in [-0.2, 0) is 23.1 Å². The van der Waals surface area contributed by atoms with Crippen molar-refractivity contribution < 1.29 is 9.53 Å². The lowest BCUT2D eigenvalue weighted by molar-refractivity contribution is 0.0704. The van der Waals surface area contributed by atoms with Crippen LogP contribution in [0.1, 0.15) is 53.7 Å². The number of ether oxygens (including phenoxy) is 1. The summed E-state index contributed by atoms with van der Waals surface area (Å²) in [6.45, 7) is 6.52. The molecule has 5 N–H and O–H groups in total. The molecule has 0 bridgehead atoms. The van der Waals surface area contributed by atoms with Crippen molar-refractivity contribution in [2.24, 2.45) is 5.73 Å². The summed E-state index contributed by atoms with van der Waals surface area (Å²) in [6, 6.07) is 14.0. The lowest BCUT2D eigenvalue weighted by atomic mass is 9.70. The zero-order valence-corrected chi connectivity index (χ0v) is 20.0. The third-order valence-corrected chi connectivity index (χ3v) is 6.28. The molecule has 2 aromatic carbocycles. The van der Waals surface area contributed by atoms with E-state index in [1.165, 1.54) is 16.7 Å². The van der Waals surface area contributed by atoms with Gasteiger partial charge in [0.15, 0.2) is 5.11 Å². The molecule has 0 aliphatic heterocycles. The SMILES string of the molecule is COC1Cc2ccc(C(N)=O)c(NCCCNC(=S)NCc3ccccc3)c2C(C)(C)C1. The molecule has 32 heavy (non-hydrogen) atoms. The highest BCUT2D eigenvalue weighted by Gasteiger charge is 2.36. The Hall–Kier alpha value is -2.64. The fourth-order valence-corrected chi connectivity index (χ4v) is 4.65. The number of fused-ring (bicyclic) bond motifs is 1. The summed E-state index contributed by atoms with van der Waals surface area (Å²) < 4.78 is 5.65. The largest absolute Gasteiger partial charge is 0.384 e. The Morgan fingerprint density at radius 2 is 1.91 bits per heavy atom. The molecular formula is C25H34N4O2S. The molecule has 2 aromatic rings. The summed E-state index contributed by atoms with van der Waals surface area (Å²) in [6.07, 6.45) is 2.76. The highest BCUT2D eigenvalue weighted by atomic mass is 32.1. The Labute approximate surface area is 196 Å². The predicted molar refractivity (Wildman–Crippen MR) is 134 cm³/mol. The molecule has 172 valence electrons. The van der Waals surface area contributed by atoms with Gasteiger partial charge in [0.2, 0.25) is 0 Å². The third-order valence-electron chi connectivity index (χ3n) is 5.99. The second-order valence-electron chi connectivity index (χ2n) is 8.91. The van der Waals surface area contributed by atoms with Crippen molar-refractivity contribution >= 4 is 28.9 Å².